The smallest absolute Gasteiger partial charge is 0.231 e. The maximum absolute atomic E-state index is 5.92. The Morgan fingerprint density at radius 2 is 2.00 bits per heavy atom. The number of hydrogen-bond acceptors (Lipinski definition) is 5. The van der Waals surface area contributed by atoms with Gasteiger partial charge in [0.2, 0.25) is 17.2 Å². The maximum atomic E-state index is 5.92. The van der Waals surface area contributed by atoms with Crippen LogP contribution < -0.4 is 10.2 Å². The molecule has 2 rings (SSSR count). The van der Waals surface area contributed by atoms with Crippen molar-refractivity contribution >= 4 is 23.5 Å². The molecule has 1 N–H and O–H groups in total. The number of nitrogens with one attached hydrogen (secondary N) is 1. The zero-order chi connectivity index (χ0) is 13.2. The Hall–Kier alpha value is -1.10. The van der Waals surface area contributed by atoms with Gasteiger partial charge >= 0.3 is 0 Å². The number of nitrogens with zero attached hydrogens (tertiary/aromatic N) is 4. The number of halogens is 1. The first-order valence-corrected chi connectivity index (χ1v) is 6.84. The first-order valence-electron chi connectivity index (χ1n) is 6.47. The van der Waals surface area contributed by atoms with Crippen LogP contribution in [0.3, 0.4) is 0 Å². The van der Waals surface area contributed by atoms with Crippen molar-refractivity contribution in [2.24, 2.45) is 5.41 Å². The van der Waals surface area contributed by atoms with E-state index in [2.05, 4.69) is 39.0 Å². The summed E-state index contributed by atoms with van der Waals surface area (Å²) < 4.78 is 0. The third-order valence-corrected chi connectivity index (χ3v) is 4.21. The quantitative estimate of drug-likeness (QED) is 0.911. The van der Waals surface area contributed by atoms with Gasteiger partial charge in [-0.05, 0) is 36.3 Å². The average Bonchev–Trinajstić information content (AvgIpc) is 2.83. The summed E-state index contributed by atoms with van der Waals surface area (Å²) in [7, 11) is 1.78. The first kappa shape index (κ1) is 13.3. The summed E-state index contributed by atoms with van der Waals surface area (Å²) >= 11 is 5.92. The van der Waals surface area contributed by atoms with Gasteiger partial charge in [0.1, 0.15) is 0 Å². The normalized spacial score (nSPS) is 18.1. The molecule has 5 nitrogen and oxygen atoms in total. The number of rotatable bonds is 4. The van der Waals surface area contributed by atoms with Crippen molar-refractivity contribution in [2.75, 3.05) is 30.4 Å². The highest BCUT2D eigenvalue weighted by atomic mass is 35.5. The van der Waals surface area contributed by atoms with Crippen molar-refractivity contribution in [2.45, 2.75) is 33.1 Å². The van der Waals surface area contributed by atoms with E-state index in [4.69, 9.17) is 11.6 Å². The van der Waals surface area contributed by atoms with Crippen LogP contribution in [0.2, 0.25) is 5.28 Å². The molecular formula is C12H20ClN5. The van der Waals surface area contributed by atoms with Crippen LogP contribution in [-0.2, 0) is 0 Å². The van der Waals surface area contributed by atoms with Crippen LogP contribution in [0, 0.1) is 5.41 Å². The van der Waals surface area contributed by atoms with Crippen molar-refractivity contribution in [3.63, 3.8) is 0 Å². The van der Waals surface area contributed by atoms with E-state index >= 15 is 0 Å². The number of aromatic nitrogens is 3. The van der Waals surface area contributed by atoms with E-state index < -0.39 is 0 Å². The molecule has 100 valence electrons. The summed E-state index contributed by atoms with van der Waals surface area (Å²) in [5, 5.41) is 3.15. The summed E-state index contributed by atoms with van der Waals surface area (Å²) in [6.45, 7) is 6.51. The van der Waals surface area contributed by atoms with E-state index in [9.17, 15) is 0 Å². The molecule has 0 saturated carbocycles. The molecular weight excluding hydrogens is 250 g/mol. The van der Waals surface area contributed by atoms with E-state index in [1.54, 1.807) is 7.05 Å². The highest BCUT2D eigenvalue weighted by molar-refractivity contribution is 6.28. The molecule has 0 atom stereocenters. The molecule has 1 aliphatic rings. The van der Waals surface area contributed by atoms with Crippen LogP contribution in [0.15, 0.2) is 0 Å². The van der Waals surface area contributed by atoms with Gasteiger partial charge in [0.15, 0.2) is 0 Å². The predicted molar refractivity (Wildman–Crippen MR) is 74.2 cm³/mol. The van der Waals surface area contributed by atoms with Gasteiger partial charge in [-0.1, -0.05) is 13.8 Å². The molecule has 0 radical (unpaired) electrons. The van der Waals surface area contributed by atoms with Crippen LogP contribution in [0.25, 0.3) is 0 Å². The van der Waals surface area contributed by atoms with Crippen molar-refractivity contribution in [3.8, 4) is 0 Å². The minimum Gasteiger partial charge on any atom is -0.357 e. The minimum atomic E-state index is 0.245. The third-order valence-electron chi connectivity index (χ3n) is 4.04. The van der Waals surface area contributed by atoms with Crippen molar-refractivity contribution in [1.82, 2.24) is 15.0 Å². The molecule has 1 aliphatic heterocycles. The van der Waals surface area contributed by atoms with Crippen molar-refractivity contribution in [1.29, 1.82) is 0 Å². The second kappa shape index (κ2) is 5.26. The van der Waals surface area contributed by atoms with Crippen LogP contribution in [-0.4, -0.2) is 35.1 Å². The average molecular weight is 270 g/mol. The minimum absolute atomic E-state index is 0.245. The zero-order valence-electron chi connectivity index (χ0n) is 11.2. The highest BCUT2D eigenvalue weighted by Crippen LogP contribution is 2.38. The van der Waals surface area contributed by atoms with E-state index in [1.165, 1.54) is 19.3 Å². The van der Waals surface area contributed by atoms with Gasteiger partial charge in [-0.25, -0.2) is 0 Å². The van der Waals surface area contributed by atoms with Gasteiger partial charge in [0.05, 0.1) is 0 Å². The second-order valence-corrected chi connectivity index (χ2v) is 5.19. The molecule has 1 aromatic heterocycles. The fourth-order valence-corrected chi connectivity index (χ4v) is 2.68. The lowest BCUT2D eigenvalue weighted by Crippen LogP contribution is -2.27. The molecule has 6 heteroatoms. The Morgan fingerprint density at radius 3 is 2.56 bits per heavy atom. The monoisotopic (exact) mass is 269 g/mol. The summed E-state index contributed by atoms with van der Waals surface area (Å²) in [6, 6.07) is 0. The van der Waals surface area contributed by atoms with E-state index in [0.29, 0.717) is 17.3 Å². The molecule has 0 unspecified atom stereocenters. The van der Waals surface area contributed by atoms with E-state index in [0.717, 1.165) is 13.1 Å². The van der Waals surface area contributed by atoms with Crippen LogP contribution in [0.1, 0.15) is 33.1 Å². The standard InChI is InChI=1S/C12H20ClN5/c1-4-12(5-2)6-7-18(8-12)11-16-9(13)15-10(14-3)17-11/h4-8H2,1-3H3,(H,14,15,16,17). The Morgan fingerprint density at radius 1 is 1.28 bits per heavy atom. The fraction of sp³-hybridized carbons (Fsp3) is 0.750. The molecule has 1 fully saturated rings. The Bertz CT molecular complexity index is 419. The van der Waals surface area contributed by atoms with E-state index in [1.807, 2.05) is 0 Å². The van der Waals surface area contributed by atoms with Gasteiger partial charge in [0, 0.05) is 20.1 Å². The number of hydrogen-bond donors (Lipinski definition) is 1. The molecule has 1 aromatic rings. The van der Waals surface area contributed by atoms with Crippen molar-refractivity contribution in [3.05, 3.63) is 5.28 Å². The van der Waals surface area contributed by atoms with Crippen LogP contribution >= 0.6 is 11.6 Å². The lowest BCUT2D eigenvalue weighted by atomic mass is 9.82. The molecule has 0 amide bonds. The summed E-state index contributed by atoms with van der Waals surface area (Å²) in [5.74, 6) is 1.21. The Kier molecular flexibility index (Phi) is 3.90. The summed E-state index contributed by atoms with van der Waals surface area (Å²) in [6.07, 6.45) is 3.58. The summed E-state index contributed by atoms with van der Waals surface area (Å²) in [4.78, 5) is 14.8. The van der Waals surface area contributed by atoms with Gasteiger partial charge in [-0.2, -0.15) is 15.0 Å². The Labute approximate surface area is 113 Å². The van der Waals surface area contributed by atoms with Crippen LogP contribution in [0.5, 0.6) is 0 Å². The molecule has 18 heavy (non-hydrogen) atoms. The van der Waals surface area contributed by atoms with Crippen LogP contribution in [0.4, 0.5) is 11.9 Å². The fourth-order valence-electron chi connectivity index (χ4n) is 2.53. The zero-order valence-corrected chi connectivity index (χ0v) is 12.0. The SMILES string of the molecule is CCC1(CC)CCN(c2nc(Cl)nc(NC)n2)C1. The molecule has 0 aromatic carbocycles. The largest absolute Gasteiger partial charge is 0.357 e. The molecule has 2 heterocycles. The molecule has 0 bridgehead atoms. The Balaban J connectivity index is 2.21. The van der Waals surface area contributed by atoms with Gasteiger partial charge in [-0.15, -0.1) is 0 Å². The summed E-state index contributed by atoms with van der Waals surface area (Å²) in [5.41, 5.74) is 0.402. The lowest BCUT2D eigenvalue weighted by Gasteiger charge is -2.26. The predicted octanol–water partition coefficient (Wildman–Crippen LogP) is 2.58. The van der Waals surface area contributed by atoms with Crippen molar-refractivity contribution < 1.29 is 0 Å². The topological polar surface area (TPSA) is 53.9 Å². The molecule has 1 saturated heterocycles. The molecule has 0 aliphatic carbocycles. The maximum Gasteiger partial charge on any atom is 0.231 e. The second-order valence-electron chi connectivity index (χ2n) is 4.86. The highest BCUT2D eigenvalue weighted by Gasteiger charge is 2.36. The van der Waals surface area contributed by atoms with E-state index in [-0.39, 0.29) is 5.28 Å². The van der Waals surface area contributed by atoms with Gasteiger partial charge in [0.25, 0.3) is 0 Å². The lowest BCUT2D eigenvalue weighted by molar-refractivity contribution is 0.301. The molecule has 0 spiro atoms. The third kappa shape index (κ3) is 2.51. The van der Waals surface area contributed by atoms with Gasteiger partial charge < -0.3 is 10.2 Å². The first-order chi connectivity index (χ1) is 8.62. The number of anilines is 2. The van der Waals surface area contributed by atoms with Gasteiger partial charge in [-0.3, -0.25) is 0 Å².